The van der Waals surface area contributed by atoms with Crippen LogP contribution in [0.25, 0.3) is 0 Å². The molecule has 1 saturated heterocycles. The average Bonchev–Trinajstić information content (AvgIpc) is 1.95. The molecule has 1 aliphatic carbocycles. The van der Waals surface area contributed by atoms with Crippen LogP contribution >= 0.6 is 0 Å². The third kappa shape index (κ3) is 2.27. The summed E-state index contributed by atoms with van der Waals surface area (Å²) in [5, 5.41) is 0. The van der Waals surface area contributed by atoms with Crippen LogP contribution in [0, 0.1) is 11.8 Å². The van der Waals surface area contributed by atoms with E-state index in [1.165, 1.54) is 19.3 Å². The van der Waals surface area contributed by atoms with Gasteiger partial charge in [0, 0.05) is 13.1 Å². The van der Waals surface area contributed by atoms with Gasteiger partial charge in [0.1, 0.15) is 6.10 Å². The molecule has 2 fully saturated rings. The lowest BCUT2D eigenvalue weighted by molar-refractivity contribution is -0.0192. The summed E-state index contributed by atoms with van der Waals surface area (Å²) in [4.78, 5) is 13.5. The lowest BCUT2D eigenvalue weighted by Gasteiger charge is -2.38. The minimum absolute atomic E-state index is 0.0909. The van der Waals surface area contributed by atoms with Gasteiger partial charge < -0.3 is 9.64 Å². The first kappa shape index (κ1) is 10.8. The molecule has 2 aliphatic rings. The Labute approximate surface area is 91.8 Å². The Balaban J connectivity index is 1.84. The van der Waals surface area contributed by atoms with Crippen LogP contribution < -0.4 is 0 Å². The molecule has 3 nitrogen and oxygen atoms in total. The van der Waals surface area contributed by atoms with Crippen molar-refractivity contribution in [3.05, 3.63) is 0 Å². The highest BCUT2D eigenvalue weighted by Gasteiger charge is 2.34. The van der Waals surface area contributed by atoms with Gasteiger partial charge in [0.05, 0.1) is 0 Å². The van der Waals surface area contributed by atoms with E-state index in [0.717, 1.165) is 19.5 Å². The molecular weight excluding hydrogens is 190 g/mol. The fourth-order valence-electron chi connectivity index (χ4n) is 2.23. The third-order valence-corrected chi connectivity index (χ3v) is 3.62. The van der Waals surface area contributed by atoms with Crippen LogP contribution in [0.2, 0.25) is 0 Å². The van der Waals surface area contributed by atoms with E-state index in [0.29, 0.717) is 11.8 Å². The normalized spacial score (nSPS) is 23.3. The molecule has 86 valence electrons. The summed E-state index contributed by atoms with van der Waals surface area (Å²) < 4.78 is 5.61. The first-order valence-corrected chi connectivity index (χ1v) is 6.14. The zero-order valence-electron chi connectivity index (χ0n) is 9.74. The average molecular weight is 211 g/mol. The van der Waals surface area contributed by atoms with Crippen LogP contribution in [0.3, 0.4) is 0 Å². The van der Waals surface area contributed by atoms with Crippen LogP contribution in [0.15, 0.2) is 0 Å². The molecule has 0 aromatic rings. The lowest BCUT2D eigenvalue weighted by Crippen LogP contribution is -2.46. The summed E-state index contributed by atoms with van der Waals surface area (Å²) in [5.41, 5.74) is 0. The number of likely N-dealkylation sites (tertiary alicyclic amines) is 1. The summed E-state index contributed by atoms with van der Waals surface area (Å²) in [6.07, 6.45) is 4.95. The molecule has 15 heavy (non-hydrogen) atoms. The van der Waals surface area contributed by atoms with Gasteiger partial charge in [-0.2, -0.15) is 0 Å². The lowest BCUT2D eigenvalue weighted by atomic mass is 9.77. The van der Waals surface area contributed by atoms with Crippen LogP contribution in [0.5, 0.6) is 0 Å². The summed E-state index contributed by atoms with van der Waals surface area (Å²) in [5.74, 6) is 1.07. The van der Waals surface area contributed by atoms with Crippen LogP contribution in [0.1, 0.15) is 39.5 Å². The van der Waals surface area contributed by atoms with Gasteiger partial charge in [0.25, 0.3) is 0 Å². The Morgan fingerprint density at radius 3 is 2.27 bits per heavy atom. The molecule has 0 spiro atoms. The molecular formula is C12H21NO2. The second-order valence-electron chi connectivity index (χ2n) is 5.12. The summed E-state index contributed by atoms with van der Waals surface area (Å²) >= 11 is 0. The van der Waals surface area contributed by atoms with Crippen molar-refractivity contribution in [1.82, 2.24) is 4.90 Å². The van der Waals surface area contributed by atoms with Crippen molar-refractivity contribution in [1.29, 1.82) is 0 Å². The molecule has 0 aromatic carbocycles. The molecule has 1 saturated carbocycles. The van der Waals surface area contributed by atoms with Crippen LogP contribution in [0.4, 0.5) is 4.79 Å². The van der Waals surface area contributed by atoms with Crippen molar-refractivity contribution in [2.45, 2.75) is 45.6 Å². The summed E-state index contributed by atoms with van der Waals surface area (Å²) in [6, 6.07) is 0. The number of nitrogens with zero attached hydrogens (tertiary/aromatic N) is 1. The van der Waals surface area contributed by atoms with Crippen molar-refractivity contribution in [2.75, 3.05) is 13.1 Å². The van der Waals surface area contributed by atoms with E-state index in [1.807, 2.05) is 0 Å². The first-order chi connectivity index (χ1) is 7.18. The predicted octanol–water partition coefficient (Wildman–Crippen LogP) is 2.65. The highest BCUT2D eigenvalue weighted by Crippen LogP contribution is 2.34. The maximum Gasteiger partial charge on any atom is 0.410 e. The minimum Gasteiger partial charge on any atom is -0.446 e. The molecule has 2 rings (SSSR count). The topological polar surface area (TPSA) is 29.5 Å². The third-order valence-electron chi connectivity index (χ3n) is 3.62. The van der Waals surface area contributed by atoms with E-state index >= 15 is 0 Å². The summed E-state index contributed by atoms with van der Waals surface area (Å²) in [6.45, 7) is 6.06. The Hall–Kier alpha value is -0.730. The highest BCUT2D eigenvalue weighted by atomic mass is 16.6. The molecule has 0 radical (unpaired) electrons. The molecule has 1 aliphatic heterocycles. The molecule has 0 N–H and O–H groups in total. The van der Waals surface area contributed by atoms with E-state index in [4.69, 9.17) is 4.74 Å². The largest absolute Gasteiger partial charge is 0.446 e. The number of carbonyl (C=O) groups excluding carboxylic acids is 1. The smallest absolute Gasteiger partial charge is 0.410 e. The van der Waals surface area contributed by atoms with Gasteiger partial charge in [-0.15, -0.1) is 0 Å². The molecule has 0 unspecified atom stereocenters. The Morgan fingerprint density at radius 2 is 1.93 bits per heavy atom. The van der Waals surface area contributed by atoms with Crippen molar-refractivity contribution < 1.29 is 9.53 Å². The predicted molar refractivity (Wildman–Crippen MR) is 58.6 cm³/mol. The van der Waals surface area contributed by atoms with E-state index in [9.17, 15) is 4.79 Å². The number of rotatable bonds is 3. The quantitative estimate of drug-likeness (QED) is 0.718. The number of amides is 1. The number of hydrogen-bond acceptors (Lipinski definition) is 2. The molecule has 1 amide bonds. The number of ether oxygens (including phenoxy) is 1. The Morgan fingerprint density at radius 1 is 1.27 bits per heavy atom. The second-order valence-corrected chi connectivity index (χ2v) is 5.12. The Bertz CT molecular complexity index is 232. The van der Waals surface area contributed by atoms with Crippen molar-refractivity contribution >= 4 is 6.09 Å². The fraction of sp³-hybridized carbons (Fsp3) is 0.917. The Kier molecular flexibility index (Phi) is 3.17. The maximum absolute atomic E-state index is 11.7. The van der Waals surface area contributed by atoms with Gasteiger partial charge in [0.15, 0.2) is 0 Å². The molecule has 0 aromatic heterocycles. The standard InChI is InChI=1S/C12H21NO2/c1-9(2)11(10-5-3-6-10)15-12(14)13-7-4-8-13/h9-11H,3-8H2,1-2H3/t11-/m0/s1. The van der Waals surface area contributed by atoms with Crippen molar-refractivity contribution in [2.24, 2.45) is 11.8 Å². The van der Waals surface area contributed by atoms with E-state index < -0.39 is 0 Å². The van der Waals surface area contributed by atoms with Gasteiger partial charge >= 0.3 is 6.09 Å². The molecule has 1 heterocycles. The van der Waals surface area contributed by atoms with Gasteiger partial charge in [0.2, 0.25) is 0 Å². The summed E-state index contributed by atoms with van der Waals surface area (Å²) in [7, 11) is 0. The first-order valence-electron chi connectivity index (χ1n) is 6.14. The second kappa shape index (κ2) is 4.42. The number of hydrogen-bond donors (Lipinski definition) is 0. The van der Waals surface area contributed by atoms with Crippen molar-refractivity contribution in [3.63, 3.8) is 0 Å². The fourth-order valence-corrected chi connectivity index (χ4v) is 2.23. The van der Waals surface area contributed by atoms with Gasteiger partial charge in [-0.1, -0.05) is 20.3 Å². The molecule has 3 heteroatoms. The van der Waals surface area contributed by atoms with E-state index in [1.54, 1.807) is 4.90 Å². The van der Waals surface area contributed by atoms with E-state index in [2.05, 4.69) is 13.8 Å². The van der Waals surface area contributed by atoms with Crippen LogP contribution in [-0.4, -0.2) is 30.2 Å². The highest BCUT2D eigenvalue weighted by molar-refractivity contribution is 5.68. The van der Waals surface area contributed by atoms with Crippen molar-refractivity contribution in [3.8, 4) is 0 Å². The SMILES string of the molecule is CC(C)[C@H](OC(=O)N1CCC1)C1CCC1. The molecule has 0 bridgehead atoms. The van der Waals surface area contributed by atoms with Gasteiger partial charge in [-0.25, -0.2) is 4.79 Å². The molecule has 1 atom stereocenters. The minimum atomic E-state index is -0.0909. The number of carbonyl (C=O) groups is 1. The van der Waals surface area contributed by atoms with Crippen LogP contribution in [-0.2, 0) is 4.74 Å². The van der Waals surface area contributed by atoms with Gasteiger partial charge in [-0.05, 0) is 31.1 Å². The van der Waals surface area contributed by atoms with Gasteiger partial charge in [-0.3, -0.25) is 0 Å². The monoisotopic (exact) mass is 211 g/mol. The van der Waals surface area contributed by atoms with E-state index in [-0.39, 0.29) is 12.2 Å². The zero-order chi connectivity index (χ0) is 10.8. The maximum atomic E-state index is 11.7. The zero-order valence-corrected chi connectivity index (χ0v) is 9.74.